The molecule has 9 heteroatoms. The number of morpholine rings is 1. The first-order valence-corrected chi connectivity index (χ1v) is 12.0. The van der Waals surface area contributed by atoms with Crippen LogP contribution in [0.15, 0.2) is 18.2 Å². The fourth-order valence-electron chi connectivity index (χ4n) is 4.96. The van der Waals surface area contributed by atoms with Crippen LogP contribution in [-0.4, -0.2) is 111 Å². The summed E-state index contributed by atoms with van der Waals surface area (Å²) in [6.45, 7) is 8.04. The van der Waals surface area contributed by atoms with E-state index >= 15 is 0 Å². The van der Waals surface area contributed by atoms with Gasteiger partial charge in [0.1, 0.15) is 6.61 Å². The van der Waals surface area contributed by atoms with Crippen molar-refractivity contribution in [1.82, 2.24) is 14.7 Å². The van der Waals surface area contributed by atoms with E-state index in [1.54, 1.807) is 7.11 Å². The third-order valence-electron chi connectivity index (χ3n) is 6.92. The van der Waals surface area contributed by atoms with Crippen molar-refractivity contribution in [3.05, 3.63) is 23.8 Å². The maximum absolute atomic E-state index is 13.4. The Balaban J connectivity index is 1.25. The summed E-state index contributed by atoms with van der Waals surface area (Å²) in [5.41, 5.74) is 0.244. The lowest BCUT2D eigenvalue weighted by Crippen LogP contribution is -2.49. The average molecular weight is 470 g/mol. The van der Waals surface area contributed by atoms with Crippen LogP contribution in [-0.2, 0) is 11.3 Å². The number of ether oxygens (including phenoxy) is 3. The number of benzene rings is 1. The third-order valence-corrected chi connectivity index (χ3v) is 6.92. The highest BCUT2D eigenvalue weighted by molar-refractivity contribution is 5.43. The molecule has 3 saturated heterocycles. The molecular weight excluding hydrogens is 432 g/mol. The van der Waals surface area contributed by atoms with Crippen LogP contribution in [0, 0.1) is 0 Å². The number of rotatable bonds is 9. The molecule has 3 fully saturated rings. The van der Waals surface area contributed by atoms with E-state index in [0.717, 1.165) is 50.7 Å². The van der Waals surface area contributed by atoms with Gasteiger partial charge in [0.2, 0.25) is 0 Å². The molecule has 1 atom stereocenters. The number of hydrogen-bond donors (Lipinski definition) is 1. The van der Waals surface area contributed by atoms with E-state index in [1.807, 2.05) is 23.1 Å². The zero-order valence-electron chi connectivity index (χ0n) is 19.6. The molecule has 0 bridgehead atoms. The fraction of sp³-hybridized carbons (Fsp3) is 0.750. The van der Waals surface area contributed by atoms with Crippen LogP contribution in [0.3, 0.4) is 0 Å². The Bertz CT molecular complexity index is 768. The maximum atomic E-state index is 13.4. The van der Waals surface area contributed by atoms with Gasteiger partial charge in [-0.3, -0.25) is 14.7 Å². The lowest BCUT2D eigenvalue weighted by Gasteiger charge is -2.36. The van der Waals surface area contributed by atoms with Crippen LogP contribution in [0.25, 0.3) is 0 Å². The van der Waals surface area contributed by atoms with Gasteiger partial charge in [-0.2, -0.15) is 0 Å². The van der Waals surface area contributed by atoms with Gasteiger partial charge in [-0.1, -0.05) is 6.07 Å². The zero-order valence-corrected chi connectivity index (χ0v) is 19.6. The zero-order chi connectivity index (χ0) is 23.3. The summed E-state index contributed by atoms with van der Waals surface area (Å²) in [7, 11) is 1.64. The summed E-state index contributed by atoms with van der Waals surface area (Å²) in [5.74, 6) is -1.12. The van der Waals surface area contributed by atoms with Gasteiger partial charge in [0.25, 0.3) is 5.92 Å². The molecule has 0 aliphatic carbocycles. The molecule has 0 unspecified atom stereocenters. The predicted molar refractivity (Wildman–Crippen MR) is 121 cm³/mol. The molecule has 1 aromatic carbocycles. The van der Waals surface area contributed by atoms with Gasteiger partial charge in [-0.05, 0) is 24.1 Å². The Hall–Kier alpha value is -1.52. The number of methoxy groups -OCH3 is 1. The van der Waals surface area contributed by atoms with Crippen LogP contribution in [0.1, 0.15) is 24.8 Å². The molecule has 0 amide bonds. The Morgan fingerprint density at radius 2 is 1.70 bits per heavy atom. The van der Waals surface area contributed by atoms with Gasteiger partial charge in [0.15, 0.2) is 11.5 Å². The standard InChI is InChI=1S/C24H37F2N3O4/c1-31-22-16-20(2-3-21(22)33-15-12-27-10-13-32-14-11-27)17-29-7-4-23(30,19-29)18-28-8-5-24(25,26)6-9-28/h2-3,16,30H,4-15,17-19H2,1H3/t23-/m0/s1. The molecule has 4 rings (SSSR count). The summed E-state index contributed by atoms with van der Waals surface area (Å²) in [6.07, 6.45) is 0.417. The van der Waals surface area contributed by atoms with E-state index in [1.165, 1.54) is 0 Å². The molecular formula is C24H37F2N3O4. The lowest BCUT2D eigenvalue weighted by molar-refractivity contribution is -0.0724. The molecule has 0 spiro atoms. The lowest BCUT2D eigenvalue weighted by atomic mass is 10.00. The van der Waals surface area contributed by atoms with Crippen LogP contribution in [0.5, 0.6) is 11.5 Å². The molecule has 186 valence electrons. The van der Waals surface area contributed by atoms with Crippen molar-refractivity contribution in [3.63, 3.8) is 0 Å². The van der Waals surface area contributed by atoms with E-state index in [2.05, 4.69) is 9.80 Å². The Labute approximate surface area is 195 Å². The van der Waals surface area contributed by atoms with Crippen LogP contribution in [0.4, 0.5) is 8.78 Å². The predicted octanol–water partition coefficient (Wildman–Crippen LogP) is 2.07. The molecule has 3 aliphatic rings. The minimum Gasteiger partial charge on any atom is -0.493 e. The number of nitrogens with zero attached hydrogens (tertiary/aromatic N) is 3. The quantitative estimate of drug-likeness (QED) is 0.594. The summed E-state index contributed by atoms with van der Waals surface area (Å²) >= 11 is 0. The van der Waals surface area contributed by atoms with Crippen LogP contribution < -0.4 is 9.47 Å². The van der Waals surface area contributed by atoms with Crippen molar-refractivity contribution in [2.45, 2.75) is 37.3 Å². The largest absolute Gasteiger partial charge is 0.493 e. The molecule has 1 aromatic rings. The average Bonchev–Trinajstić information content (AvgIpc) is 3.17. The molecule has 0 saturated carbocycles. The highest BCUT2D eigenvalue weighted by Crippen LogP contribution is 2.32. The first kappa shape index (κ1) is 24.6. The molecule has 1 N–H and O–H groups in total. The summed E-state index contributed by atoms with van der Waals surface area (Å²) < 4.78 is 43.7. The van der Waals surface area contributed by atoms with Crippen molar-refractivity contribution >= 4 is 0 Å². The Kier molecular flexibility index (Phi) is 8.07. The highest BCUT2D eigenvalue weighted by Gasteiger charge is 2.40. The topological polar surface area (TPSA) is 57.6 Å². The summed E-state index contributed by atoms with van der Waals surface area (Å²) in [5, 5.41) is 11.0. The van der Waals surface area contributed by atoms with E-state index in [-0.39, 0.29) is 12.8 Å². The minimum absolute atomic E-state index is 0.118. The van der Waals surface area contributed by atoms with Crippen molar-refractivity contribution in [3.8, 4) is 11.5 Å². The van der Waals surface area contributed by atoms with Gasteiger partial charge in [0, 0.05) is 71.7 Å². The Morgan fingerprint density at radius 3 is 2.42 bits per heavy atom. The van der Waals surface area contributed by atoms with Crippen molar-refractivity contribution in [2.24, 2.45) is 0 Å². The number of β-amino-alcohol motifs (C(OH)–C–C–N with tert-alkyl or cyclic N) is 1. The normalized spacial score (nSPS) is 27.0. The van der Waals surface area contributed by atoms with E-state index in [0.29, 0.717) is 51.5 Å². The molecule has 3 aliphatic heterocycles. The number of likely N-dealkylation sites (tertiary alicyclic amines) is 2. The van der Waals surface area contributed by atoms with Crippen LogP contribution in [0.2, 0.25) is 0 Å². The van der Waals surface area contributed by atoms with E-state index in [4.69, 9.17) is 14.2 Å². The second-order valence-corrected chi connectivity index (χ2v) is 9.60. The first-order valence-electron chi connectivity index (χ1n) is 12.0. The molecule has 33 heavy (non-hydrogen) atoms. The first-order chi connectivity index (χ1) is 15.8. The maximum Gasteiger partial charge on any atom is 0.250 e. The fourth-order valence-corrected chi connectivity index (χ4v) is 4.96. The summed E-state index contributed by atoms with van der Waals surface area (Å²) in [6, 6.07) is 5.98. The van der Waals surface area contributed by atoms with Crippen molar-refractivity contribution < 1.29 is 28.1 Å². The molecule has 0 radical (unpaired) electrons. The molecule has 3 heterocycles. The second-order valence-electron chi connectivity index (χ2n) is 9.60. The van der Waals surface area contributed by atoms with Crippen LogP contribution >= 0.6 is 0 Å². The van der Waals surface area contributed by atoms with E-state index < -0.39 is 11.5 Å². The SMILES string of the molecule is COc1cc(CN2CC[C@](O)(CN3CCC(F)(F)CC3)C2)ccc1OCCN1CCOCC1. The monoisotopic (exact) mass is 469 g/mol. The number of piperidine rings is 1. The Morgan fingerprint density at radius 1 is 0.970 bits per heavy atom. The number of alkyl halides is 2. The van der Waals surface area contributed by atoms with Gasteiger partial charge in [-0.15, -0.1) is 0 Å². The third kappa shape index (κ3) is 6.99. The molecule has 0 aromatic heterocycles. The van der Waals surface area contributed by atoms with Crippen molar-refractivity contribution in [2.75, 3.05) is 79.3 Å². The van der Waals surface area contributed by atoms with Gasteiger partial charge >= 0.3 is 0 Å². The highest BCUT2D eigenvalue weighted by atomic mass is 19.3. The summed E-state index contributed by atoms with van der Waals surface area (Å²) in [4.78, 5) is 6.52. The van der Waals surface area contributed by atoms with Gasteiger partial charge in [0.05, 0.1) is 25.9 Å². The van der Waals surface area contributed by atoms with E-state index in [9.17, 15) is 13.9 Å². The van der Waals surface area contributed by atoms with Gasteiger partial charge in [-0.25, -0.2) is 8.78 Å². The number of hydrogen-bond acceptors (Lipinski definition) is 7. The molecule has 7 nitrogen and oxygen atoms in total. The number of halogens is 2. The number of aliphatic hydroxyl groups is 1. The smallest absolute Gasteiger partial charge is 0.250 e. The second kappa shape index (κ2) is 10.8. The van der Waals surface area contributed by atoms with Crippen molar-refractivity contribution in [1.29, 1.82) is 0 Å². The minimum atomic E-state index is -2.56. The van der Waals surface area contributed by atoms with Gasteiger partial charge < -0.3 is 19.3 Å².